The topological polar surface area (TPSA) is 39.7 Å². The third-order valence-corrected chi connectivity index (χ3v) is 4.27. The number of nitrogens with zero attached hydrogens (tertiary/aromatic N) is 2. The molecule has 1 saturated heterocycles. The second kappa shape index (κ2) is 10.0. The summed E-state index contributed by atoms with van der Waals surface area (Å²) in [6.07, 6.45) is 2.55. The number of nitrogens with one attached hydrogen (secondary N) is 2. The van der Waals surface area contributed by atoms with Crippen molar-refractivity contribution in [3.63, 3.8) is 0 Å². The normalized spacial score (nSPS) is 18.4. The second-order valence-electron chi connectivity index (χ2n) is 5.98. The Morgan fingerprint density at radius 3 is 2.50 bits per heavy atom. The number of guanidine groups is 1. The molecule has 2 N–H and O–H groups in total. The Morgan fingerprint density at radius 2 is 1.91 bits per heavy atom. The van der Waals surface area contributed by atoms with Gasteiger partial charge in [-0.25, -0.2) is 0 Å². The van der Waals surface area contributed by atoms with Crippen molar-refractivity contribution in [2.45, 2.75) is 25.8 Å². The molecule has 0 spiro atoms. The summed E-state index contributed by atoms with van der Waals surface area (Å²) in [5.74, 6) is 1.65. The van der Waals surface area contributed by atoms with Crippen LogP contribution in [0.5, 0.6) is 0 Å². The predicted octanol–water partition coefficient (Wildman–Crippen LogP) is 2.87. The maximum absolute atomic E-state index is 4.34. The van der Waals surface area contributed by atoms with Gasteiger partial charge in [0.05, 0.1) is 6.04 Å². The molecule has 2 rings (SSSR count). The van der Waals surface area contributed by atoms with Crippen LogP contribution in [0.25, 0.3) is 0 Å². The van der Waals surface area contributed by atoms with E-state index in [9.17, 15) is 0 Å². The lowest BCUT2D eigenvalue weighted by Gasteiger charge is -2.29. The maximum atomic E-state index is 4.34. The lowest BCUT2D eigenvalue weighted by atomic mass is 9.97. The summed E-state index contributed by atoms with van der Waals surface area (Å²) in [6, 6.07) is 10.7. The molecule has 5 heteroatoms. The van der Waals surface area contributed by atoms with E-state index in [1.807, 2.05) is 13.1 Å². The average molecular weight is 416 g/mol. The molecule has 0 saturated carbocycles. The van der Waals surface area contributed by atoms with Gasteiger partial charge in [0.25, 0.3) is 0 Å². The fourth-order valence-electron chi connectivity index (χ4n) is 2.73. The Balaban J connectivity index is 0.00000242. The van der Waals surface area contributed by atoms with Gasteiger partial charge in [-0.05, 0) is 51.4 Å². The molecule has 124 valence electrons. The van der Waals surface area contributed by atoms with Crippen LogP contribution in [-0.4, -0.2) is 44.6 Å². The monoisotopic (exact) mass is 416 g/mol. The summed E-state index contributed by atoms with van der Waals surface area (Å²) in [7, 11) is 4.04. The summed E-state index contributed by atoms with van der Waals surface area (Å²) in [5, 5.41) is 6.93. The smallest absolute Gasteiger partial charge is 0.191 e. The fraction of sp³-hybridized carbons (Fsp3) is 0.588. The highest BCUT2D eigenvalue weighted by molar-refractivity contribution is 14.0. The van der Waals surface area contributed by atoms with Crippen LogP contribution < -0.4 is 10.6 Å². The van der Waals surface area contributed by atoms with E-state index in [4.69, 9.17) is 0 Å². The van der Waals surface area contributed by atoms with Gasteiger partial charge in [0.1, 0.15) is 0 Å². The Kier molecular flexibility index (Phi) is 8.78. The molecule has 4 nitrogen and oxygen atoms in total. The first kappa shape index (κ1) is 19.2. The molecule has 1 atom stereocenters. The molecule has 1 aliphatic rings. The van der Waals surface area contributed by atoms with Crippen LogP contribution in [0.2, 0.25) is 0 Å². The molecular weight excluding hydrogens is 387 g/mol. The van der Waals surface area contributed by atoms with Gasteiger partial charge in [0.15, 0.2) is 5.96 Å². The highest BCUT2D eigenvalue weighted by Crippen LogP contribution is 2.15. The van der Waals surface area contributed by atoms with E-state index in [1.54, 1.807) is 0 Å². The van der Waals surface area contributed by atoms with Crippen LogP contribution in [0.3, 0.4) is 0 Å². The zero-order valence-electron chi connectivity index (χ0n) is 13.9. The first-order chi connectivity index (χ1) is 10.2. The van der Waals surface area contributed by atoms with Gasteiger partial charge in [-0.2, -0.15) is 0 Å². The summed E-state index contributed by atoms with van der Waals surface area (Å²) in [5.41, 5.74) is 1.28. The van der Waals surface area contributed by atoms with E-state index in [-0.39, 0.29) is 30.0 Å². The van der Waals surface area contributed by atoms with Gasteiger partial charge in [0, 0.05) is 13.6 Å². The lowest BCUT2D eigenvalue weighted by Crippen LogP contribution is -2.43. The number of halogens is 1. The molecule has 22 heavy (non-hydrogen) atoms. The molecular formula is C17H29IN4. The zero-order valence-corrected chi connectivity index (χ0v) is 16.2. The number of benzene rings is 1. The van der Waals surface area contributed by atoms with Crippen molar-refractivity contribution in [2.75, 3.05) is 33.7 Å². The molecule has 1 unspecified atom stereocenters. The summed E-state index contributed by atoms with van der Waals surface area (Å²) >= 11 is 0. The molecule has 0 radical (unpaired) electrons. The minimum absolute atomic E-state index is 0. The van der Waals surface area contributed by atoms with Gasteiger partial charge < -0.3 is 15.5 Å². The van der Waals surface area contributed by atoms with Crippen molar-refractivity contribution in [3.05, 3.63) is 35.9 Å². The second-order valence-corrected chi connectivity index (χ2v) is 5.98. The maximum Gasteiger partial charge on any atom is 0.191 e. The van der Waals surface area contributed by atoms with Crippen LogP contribution in [0.4, 0.5) is 0 Å². The van der Waals surface area contributed by atoms with E-state index >= 15 is 0 Å². The van der Waals surface area contributed by atoms with Crippen molar-refractivity contribution in [2.24, 2.45) is 10.9 Å². The Bertz CT molecular complexity index is 441. The van der Waals surface area contributed by atoms with Crippen molar-refractivity contribution < 1.29 is 0 Å². The molecule has 0 bridgehead atoms. The van der Waals surface area contributed by atoms with E-state index in [1.165, 1.54) is 31.5 Å². The third kappa shape index (κ3) is 6.12. The SMILES string of the molecule is CN=C(NCC1CCN(C)CC1)NC(C)c1ccccc1.I. The van der Waals surface area contributed by atoms with Crippen molar-refractivity contribution in [3.8, 4) is 0 Å². The van der Waals surface area contributed by atoms with E-state index in [0.717, 1.165) is 18.4 Å². The van der Waals surface area contributed by atoms with Crippen LogP contribution in [0.1, 0.15) is 31.4 Å². The number of piperidine rings is 1. The van der Waals surface area contributed by atoms with Gasteiger partial charge >= 0.3 is 0 Å². The van der Waals surface area contributed by atoms with E-state index in [0.29, 0.717) is 0 Å². The van der Waals surface area contributed by atoms with E-state index in [2.05, 4.69) is 58.8 Å². The zero-order chi connectivity index (χ0) is 15.1. The van der Waals surface area contributed by atoms with Crippen LogP contribution in [0, 0.1) is 5.92 Å². The summed E-state index contributed by atoms with van der Waals surface area (Å²) in [6.45, 7) is 5.59. The molecule has 1 aliphatic heterocycles. The van der Waals surface area contributed by atoms with Gasteiger partial charge in [-0.3, -0.25) is 4.99 Å². The largest absolute Gasteiger partial charge is 0.356 e. The van der Waals surface area contributed by atoms with Gasteiger partial charge in [0.2, 0.25) is 0 Å². The number of hydrogen-bond acceptors (Lipinski definition) is 2. The number of aliphatic imine (C=N–C) groups is 1. The minimum Gasteiger partial charge on any atom is -0.356 e. The minimum atomic E-state index is 0. The van der Waals surface area contributed by atoms with Gasteiger partial charge in [-0.1, -0.05) is 30.3 Å². The summed E-state index contributed by atoms with van der Waals surface area (Å²) < 4.78 is 0. The van der Waals surface area contributed by atoms with Gasteiger partial charge in [-0.15, -0.1) is 24.0 Å². The van der Waals surface area contributed by atoms with Crippen LogP contribution in [-0.2, 0) is 0 Å². The molecule has 0 amide bonds. The Morgan fingerprint density at radius 1 is 1.27 bits per heavy atom. The van der Waals surface area contributed by atoms with Crippen molar-refractivity contribution in [1.29, 1.82) is 0 Å². The highest BCUT2D eigenvalue weighted by atomic mass is 127. The lowest BCUT2D eigenvalue weighted by molar-refractivity contribution is 0.220. The first-order valence-electron chi connectivity index (χ1n) is 7.89. The van der Waals surface area contributed by atoms with Crippen molar-refractivity contribution in [1.82, 2.24) is 15.5 Å². The van der Waals surface area contributed by atoms with Crippen LogP contribution in [0.15, 0.2) is 35.3 Å². The molecule has 1 heterocycles. The average Bonchev–Trinajstić information content (AvgIpc) is 2.53. The van der Waals surface area contributed by atoms with Crippen LogP contribution >= 0.6 is 24.0 Å². The molecule has 1 aromatic rings. The molecule has 0 aliphatic carbocycles. The predicted molar refractivity (Wildman–Crippen MR) is 105 cm³/mol. The Hall–Kier alpha value is -0.820. The highest BCUT2D eigenvalue weighted by Gasteiger charge is 2.17. The molecule has 1 aromatic carbocycles. The van der Waals surface area contributed by atoms with E-state index < -0.39 is 0 Å². The number of rotatable bonds is 4. The Labute approximate surface area is 151 Å². The quantitative estimate of drug-likeness (QED) is 0.451. The number of hydrogen-bond donors (Lipinski definition) is 2. The van der Waals surface area contributed by atoms with Crippen molar-refractivity contribution >= 4 is 29.9 Å². The standard InChI is InChI=1S/C17H28N4.HI/c1-14(16-7-5-4-6-8-16)20-17(18-2)19-13-15-9-11-21(3)12-10-15;/h4-8,14-15H,9-13H2,1-3H3,(H2,18,19,20);1H. The number of likely N-dealkylation sites (tertiary alicyclic amines) is 1. The first-order valence-corrected chi connectivity index (χ1v) is 7.89. The fourth-order valence-corrected chi connectivity index (χ4v) is 2.73. The summed E-state index contributed by atoms with van der Waals surface area (Å²) in [4.78, 5) is 6.74. The molecule has 1 fully saturated rings. The molecule has 0 aromatic heterocycles. The third-order valence-electron chi connectivity index (χ3n) is 4.27.